The van der Waals surface area contributed by atoms with E-state index >= 15 is 0 Å². The molecule has 3 aromatic heterocycles. The number of ether oxygens (including phenoxy) is 1. The summed E-state index contributed by atoms with van der Waals surface area (Å²) in [7, 11) is 0. The van der Waals surface area contributed by atoms with E-state index in [1.165, 1.54) is 17.2 Å². The summed E-state index contributed by atoms with van der Waals surface area (Å²) in [6.45, 7) is -0.390. The van der Waals surface area contributed by atoms with E-state index in [1.54, 1.807) is 18.7 Å². The summed E-state index contributed by atoms with van der Waals surface area (Å²) in [5, 5.41) is 28.7. The summed E-state index contributed by atoms with van der Waals surface area (Å²) >= 11 is 0. The van der Waals surface area contributed by atoms with Crippen molar-refractivity contribution < 1.29 is 20.1 Å². The molecule has 0 unspecified atom stereocenters. The second-order valence-electron chi connectivity index (χ2n) is 5.07. The van der Waals surface area contributed by atoms with Crippen LogP contribution in [0, 0.1) is 0 Å². The van der Waals surface area contributed by atoms with Crippen molar-refractivity contribution in [3.63, 3.8) is 0 Å². The highest BCUT2D eigenvalue weighted by Gasteiger charge is 2.43. The Morgan fingerprint density at radius 1 is 1.25 bits per heavy atom. The number of H-pyrrole nitrogens is 1. The van der Waals surface area contributed by atoms with Crippen LogP contribution in [0.5, 0.6) is 0 Å². The van der Waals surface area contributed by atoms with Gasteiger partial charge in [0.15, 0.2) is 17.7 Å². The third-order valence-corrected chi connectivity index (χ3v) is 3.58. The smallest absolute Gasteiger partial charge is 0.167 e. The monoisotopic (exact) mass is 335 g/mol. The van der Waals surface area contributed by atoms with Crippen molar-refractivity contribution in [1.29, 1.82) is 0 Å². The minimum atomic E-state index is -1.19. The van der Waals surface area contributed by atoms with Crippen LogP contribution in [0.1, 0.15) is 6.23 Å². The van der Waals surface area contributed by atoms with E-state index < -0.39 is 31.1 Å². The molecule has 0 bridgehead atoms. The first-order chi connectivity index (χ1) is 11.6. The summed E-state index contributed by atoms with van der Waals surface area (Å²) in [6, 6.07) is 0. The minimum Gasteiger partial charge on any atom is -0.394 e. The standard InChI is InChI=1S/C10H13N5O4.C3H4N2/c11-8-5-9(13-2-12-8)15(3-14-5)10-7(18)6(17)4(1-16)19-10;1-2-5-3-4-1/h2-4,6-7,10,16-18H,1H2,(H2,11,12,13);1-3H,(H,4,5)/t4-,6-,7-,10-;/m1./s1. The summed E-state index contributed by atoms with van der Waals surface area (Å²) in [5.74, 6) is 0.218. The summed E-state index contributed by atoms with van der Waals surface area (Å²) in [6.07, 6.45) is 3.66. The van der Waals surface area contributed by atoms with Gasteiger partial charge in [0.1, 0.15) is 30.2 Å². The predicted octanol–water partition coefficient (Wildman–Crippen LogP) is -1.57. The predicted molar refractivity (Wildman–Crippen MR) is 81.3 cm³/mol. The molecule has 24 heavy (non-hydrogen) atoms. The number of fused-ring (bicyclic) bond motifs is 1. The number of anilines is 1. The Balaban J connectivity index is 0.000000290. The van der Waals surface area contributed by atoms with Crippen LogP contribution in [0.4, 0.5) is 5.82 Å². The lowest BCUT2D eigenvalue weighted by Crippen LogP contribution is -2.33. The molecule has 0 amide bonds. The average Bonchev–Trinajstić information content (AvgIpc) is 3.32. The number of hydrogen-bond donors (Lipinski definition) is 5. The molecule has 11 nitrogen and oxygen atoms in total. The first-order valence-electron chi connectivity index (χ1n) is 7.11. The normalized spacial score (nSPS) is 26.3. The maximum atomic E-state index is 9.95. The lowest BCUT2D eigenvalue weighted by atomic mass is 10.1. The van der Waals surface area contributed by atoms with Gasteiger partial charge in [-0.15, -0.1) is 0 Å². The summed E-state index contributed by atoms with van der Waals surface area (Å²) in [5.41, 5.74) is 6.44. The minimum absolute atomic E-state index is 0.218. The van der Waals surface area contributed by atoms with Crippen molar-refractivity contribution in [2.45, 2.75) is 24.5 Å². The van der Waals surface area contributed by atoms with Crippen molar-refractivity contribution >= 4 is 17.0 Å². The molecule has 0 saturated carbocycles. The third kappa shape index (κ3) is 2.92. The second-order valence-corrected chi connectivity index (χ2v) is 5.07. The second kappa shape index (κ2) is 6.88. The number of rotatable bonds is 2. The van der Waals surface area contributed by atoms with Crippen LogP contribution in [0.25, 0.3) is 11.2 Å². The molecule has 6 N–H and O–H groups in total. The largest absolute Gasteiger partial charge is 0.394 e. The highest BCUT2D eigenvalue weighted by Crippen LogP contribution is 2.31. The number of imidazole rings is 2. The Hall–Kier alpha value is -2.60. The lowest BCUT2D eigenvalue weighted by molar-refractivity contribution is -0.0511. The average molecular weight is 335 g/mol. The van der Waals surface area contributed by atoms with E-state index in [0.29, 0.717) is 11.2 Å². The molecule has 1 fully saturated rings. The number of aliphatic hydroxyl groups is 3. The van der Waals surface area contributed by atoms with Crippen molar-refractivity contribution in [2.24, 2.45) is 0 Å². The molecule has 1 saturated heterocycles. The molecule has 0 aromatic carbocycles. The van der Waals surface area contributed by atoms with Crippen molar-refractivity contribution in [3.05, 3.63) is 31.4 Å². The van der Waals surface area contributed by atoms with Gasteiger partial charge in [-0.05, 0) is 0 Å². The van der Waals surface area contributed by atoms with Gasteiger partial charge in [0.2, 0.25) is 0 Å². The third-order valence-electron chi connectivity index (χ3n) is 3.58. The number of aromatic nitrogens is 6. The summed E-state index contributed by atoms with van der Waals surface area (Å²) in [4.78, 5) is 18.3. The molecule has 128 valence electrons. The fourth-order valence-electron chi connectivity index (χ4n) is 2.38. The molecule has 4 atom stereocenters. The maximum Gasteiger partial charge on any atom is 0.167 e. The van der Waals surface area contributed by atoms with Gasteiger partial charge in [-0.2, -0.15) is 0 Å². The number of aromatic amines is 1. The van der Waals surface area contributed by atoms with E-state index in [9.17, 15) is 10.2 Å². The van der Waals surface area contributed by atoms with Gasteiger partial charge in [0.25, 0.3) is 0 Å². The van der Waals surface area contributed by atoms with Gasteiger partial charge in [0, 0.05) is 12.4 Å². The molecule has 0 aliphatic carbocycles. The van der Waals surface area contributed by atoms with Crippen molar-refractivity contribution in [1.82, 2.24) is 29.5 Å². The maximum absolute atomic E-state index is 9.95. The first kappa shape index (κ1) is 16.3. The quantitative estimate of drug-likeness (QED) is 0.371. The zero-order valence-electron chi connectivity index (χ0n) is 12.5. The molecule has 4 rings (SSSR count). The van der Waals surface area contributed by atoms with E-state index in [1.807, 2.05) is 0 Å². The van der Waals surface area contributed by atoms with Gasteiger partial charge in [-0.25, -0.2) is 19.9 Å². The number of aliphatic hydroxyl groups excluding tert-OH is 3. The first-order valence-corrected chi connectivity index (χ1v) is 7.11. The van der Waals surface area contributed by atoms with Crippen LogP contribution in [-0.2, 0) is 4.74 Å². The highest BCUT2D eigenvalue weighted by molar-refractivity contribution is 5.81. The van der Waals surface area contributed by atoms with Crippen LogP contribution in [0.15, 0.2) is 31.4 Å². The molecule has 0 spiro atoms. The van der Waals surface area contributed by atoms with Gasteiger partial charge in [-0.3, -0.25) is 4.57 Å². The van der Waals surface area contributed by atoms with E-state index in [4.69, 9.17) is 15.6 Å². The molecule has 4 heterocycles. The Kier molecular flexibility index (Phi) is 4.66. The van der Waals surface area contributed by atoms with E-state index in [0.717, 1.165) is 0 Å². The van der Waals surface area contributed by atoms with Crippen LogP contribution < -0.4 is 5.73 Å². The lowest BCUT2D eigenvalue weighted by Gasteiger charge is -2.16. The Morgan fingerprint density at radius 3 is 2.67 bits per heavy atom. The molecule has 1 aliphatic rings. The molecular formula is C13H17N7O4. The molecule has 1 aliphatic heterocycles. The number of hydrogen-bond acceptors (Lipinski definition) is 9. The number of nitrogen functional groups attached to an aromatic ring is 1. The van der Waals surface area contributed by atoms with Crippen LogP contribution >= 0.6 is 0 Å². The molecule has 0 radical (unpaired) electrons. The van der Waals surface area contributed by atoms with E-state index in [-0.39, 0.29) is 5.82 Å². The van der Waals surface area contributed by atoms with E-state index in [2.05, 4.69) is 24.9 Å². The Bertz CT molecular complexity index is 761. The zero-order valence-corrected chi connectivity index (χ0v) is 12.5. The number of nitrogens with zero attached hydrogens (tertiary/aromatic N) is 5. The fourth-order valence-corrected chi connectivity index (χ4v) is 2.38. The van der Waals surface area contributed by atoms with Gasteiger partial charge >= 0.3 is 0 Å². The van der Waals surface area contributed by atoms with Crippen LogP contribution in [0.2, 0.25) is 0 Å². The summed E-state index contributed by atoms with van der Waals surface area (Å²) < 4.78 is 6.85. The van der Waals surface area contributed by atoms with Crippen molar-refractivity contribution in [2.75, 3.05) is 12.3 Å². The van der Waals surface area contributed by atoms with Gasteiger partial charge in [-0.1, -0.05) is 0 Å². The molecule has 11 heteroatoms. The molecular weight excluding hydrogens is 318 g/mol. The zero-order chi connectivity index (χ0) is 17.1. The van der Waals surface area contributed by atoms with Gasteiger partial charge < -0.3 is 30.8 Å². The topological polar surface area (TPSA) is 168 Å². The Morgan fingerprint density at radius 2 is 2.08 bits per heavy atom. The number of nitrogens with two attached hydrogens (primary N) is 1. The SMILES string of the molecule is Nc1ncnc2c1ncn2[C@@H]1O[C@H](CO)[C@@H](O)[C@H]1O.c1c[nH]cn1. The molecule has 3 aromatic rings. The number of nitrogens with one attached hydrogen (secondary N) is 1. The van der Waals surface area contributed by atoms with Gasteiger partial charge in [0.05, 0.1) is 19.3 Å². The Labute approximate surface area is 135 Å². The highest BCUT2D eigenvalue weighted by atomic mass is 16.6. The fraction of sp³-hybridized carbons (Fsp3) is 0.385. The van der Waals surface area contributed by atoms with Crippen LogP contribution in [-0.4, -0.2) is 69.7 Å². The van der Waals surface area contributed by atoms with Crippen molar-refractivity contribution in [3.8, 4) is 0 Å². The van der Waals surface area contributed by atoms with Crippen LogP contribution in [0.3, 0.4) is 0 Å².